The van der Waals surface area contributed by atoms with E-state index in [0.717, 1.165) is 44.1 Å². The monoisotopic (exact) mass is 391 g/mol. The van der Waals surface area contributed by atoms with Crippen LogP contribution in [-0.4, -0.2) is 53.4 Å². The minimum Gasteiger partial charge on any atom is -0.370 e. The van der Waals surface area contributed by atoms with Crippen LogP contribution in [0.25, 0.3) is 10.8 Å². The van der Waals surface area contributed by atoms with Gasteiger partial charge in [0.1, 0.15) is 6.10 Å². The summed E-state index contributed by atoms with van der Waals surface area (Å²) in [5.74, 6) is 0.963. The lowest BCUT2D eigenvalue weighted by molar-refractivity contribution is -0.00803. The van der Waals surface area contributed by atoms with Gasteiger partial charge in [-0.3, -0.25) is 9.67 Å². The van der Waals surface area contributed by atoms with Crippen molar-refractivity contribution in [3.05, 3.63) is 66.0 Å². The molecule has 1 saturated heterocycles. The van der Waals surface area contributed by atoms with Crippen molar-refractivity contribution < 1.29 is 4.74 Å². The van der Waals surface area contributed by atoms with Gasteiger partial charge in [-0.15, -0.1) is 0 Å². The number of hydrogen-bond acceptors (Lipinski definition) is 3. The molecule has 1 aromatic heterocycles. The van der Waals surface area contributed by atoms with Crippen LogP contribution >= 0.6 is 0 Å². The third kappa shape index (κ3) is 4.77. The third-order valence-electron chi connectivity index (χ3n) is 5.27. The van der Waals surface area contributed by atoms with Crippen LogP contribution in [-0.2, 0) is 18.2 Å². The first kappa shape index (κ1) is 19.5. The summed E-state index contributed by atoms with van der Waals surface area (Å²) in [5.41, 5.74) is 2.43. The van der Waals surface area contributed by atoms with Gasteiger partial charge in [0.25, 0.3) is 0 Å². The molecule has 1 aliphatic rings. The van der Waals surface area contributed by atoms with E-state index in [0.29, 0.717) is 6.61 Å². The van der Waals surface area contributed by atoms with Crippen LogP contribution < -0.4 is 5.32 Å². The Morgan fingerprint density at radius 2 is 2.10 bits per heavy atom. The Morgan fingerprint density at radius 1 is 1.24 bits per heavy atom. The molecule has 0 bridgehead atoms. The maximum atomic E-state index is 5.97. The Hall–Kier alpha value is -2.86. The standard InChI is InChI=1S/C23H29N5O/c1-3-24-23(28-12-13-29-22(17-28)21-15-26-27(2)16-21)25-11-10-18-8-9-19-6-4-5-7-20(19)14-18/h4-9,14-16,22H,3,10-13,17H2,1-2H3,(H,24,25). The molecule has 0 aliphatic carbocycles. The summed E-state index contributed by atoms with van der Waals surface area (Å²) in [5, 5.41) is 10.3. The molecule has 29 heavy (non-hydrogen) atoms. The molecule has 4 rings (SSSR count). The Kier molecular flexibility index (Phi) is 6.10. The average molecular weight is 392 g/mol. The van der Waals surface area contributed by atoms with Gasteiger partial charge in [-0.2, -0.15) is 5.10 Å². The minimum atomic E-state index is 0.0294. The lowest BCUT2D eigenvalue weighted by atomic mass is 10.1. The molecule has 1 aliphatic heterocycles. The fraction of sp³-hybridized carbons (Fsp3) is 0.391. The summed E-state index contributed by atoms with van der Waals surface area (Å²) in [6, 6.07) is 15.2. The first-order valence-corrected chi connectivity index (χ1v) is 10.3. The predicted octanol–water partition coefficient (Wildman–Crippen LogP) is 3.15. The third-order valence-corrected chi connectivity index (χ3v) is 5.27. The Morgan fingerprint density at radius 3 is 2.90 bits per heavy atom. The number of ether oxygens (including phenoxy) is 1. The van der Waals surface area contributed by atoms with Gasteiger partial charge in [0.05, 0.1) is 19.3 Å². The summed E-state index contributed by atoms with van der Waals surface area (Å²) in [6.45, 7) is 6.04. The maximum Gasteiger partial charge on any atom is 0.194 e. The number of aliphatic imine (C=N–C) groups is 1. The Labute approximate surface area is 172 Å². The zero-order valence-electron chi connectivity index (χ0n) is 17.2. The van der Waals surface area contributed by atoms with Crippen LogP contribution in [0.5, 0.6) is 0 Å². The number of benzene rings is 2. The highest BCUT2D eigenvalue weighted by Gasteiger charge is 2.25. The van der Waals surface area contributed by atoms with Crippen molar-refractivity contribution in [2.45, 2.75) is 19.4 Å². The van der Waals surface area contributed by atoms with Crippen LogP contribution in [0.3, 0.4) is 0 Å². The Balaban J connectivity index is 1.42. The normalized spacial score (nSPS) is 17.7. The molecule has 1 fully saturated rings. The van der Waals surface area contributed by atoms with Gasteiger partial charge in [-0.1, -0.05) is 42.5 Å². The van der Waals surface area contributed by atoms with Crippen LogP contribution in [0, 0.1) is 0 Å². The Bertz CT molecular complexity index is 980. The lowest BCUT2D eigenvalue weighted by Gasteiger charge is -2.34. The molecular weight excluding hydrogens is 362 g/mol. The number of nitrogens with one attached hydrogen (secondary N) is 1. The van der Waals surface area contributed by atoms with Crippen LogP contribution in [0.2, 0.25) is 0 Å². The number of rotatable bonds is 5. The molecule has 2 heterocycles. The van der Waals surface area contributed by atoms with Crippen molar-refractivity contribution in [3.63, 3.8) is 0 Å². The number of hydrogen-bond donors (Lipinski definition) is 1. The van der Waals surface area contributed by atoms with E-state index >= 15 is 0 Å². The van der Waals surface area contributed by atoms with E-state index < -0.39 is 0 Å². The van der Waals surface area contributed by atoms with Gasteiger partial charge in [-0.05, 0) is 29.7 Å². The topological polar surface area (TPSA) is 54.7 Å². The fourth-order valence-electron chi connectivity index (χ4n) is 3.76. The zero-order valence-corrected chi connectivity index (χ0v) is 17.2. The van der Waals surface area contributed by atoms with Crippen molar-refractivity contribution in [2.75, 3.05) is 32.8 Å². The second-order valence-electron chi connectivity index (χ2n) is 7.42. The van der Waals surface area contributed by atoms with Gasteiger partial charge in [0, 0.05) is 38.4 Å². The smallest absolute Gasteiger partial charge is 0.194 e. The van der Waals surface area contributed by atoms with Gasteiger partial charge >= 0.3 is 0 Å². The molecule has 1 unspecified atom stereocenters. The van der Waals surface area contributed by atoms with Crippen molar-refractivity contribution >= 4 is 16.7 Å². The zero-order chi connectivity index (χ0) is 20.1. The molecule has 0 radical (unpaired) electrons. The fourth-order valence-corrected chi connectivity index (χ4v) is 3.76. The first-order chi connectivity index (χ1) is 14.2. The van der Waals surface area contributed by atoms with E-state index in [9.17, 15) is 0 Å². The van der Waals surface area contributed by atoms with Gasteiger partial charge in [0.2, 0.25) is 0 Å². The summed E-state index contributed by atoms with van der Waals surface area (Å²) >= 11 is 0. The van der Waals surface area contributed by atoms with E-state index in [2.05, 4.69) is 64.7 Å². The number of nitrogens with zero attached hydrogens (tertiary/aromatic N) is 4. The van der Waals surface area contributed by atoms with E-state index in [4.69, 9.17) is 9.73 Å². The molecule has 6 heteroatoms. The molecule has 2 aromatic carbocycles. The molecule has 0 saturated carbocycles. The number of fused-ring (bicyclic) bond motifs is 1. The van der Waals surface area contributed by atoms with Crippen molar-refractivity contribution in [1.29, 1.82) is 0 Å². The predicted molar refractivity (Wildman–Crippen MR) is 117 cm³/mol. The van der Waals surface area contributed by atoms with Crippen LogP contribution in [0.1, 0.15) is 24.2 Å². The van der Waals surface area contributed by atoms with Crippen molar-refractivity contribution in [2.24, 2.45) is 12.0 Å². The average Bonchev–Trinajstić information content (AvgIpc) is 3.19. The van der Waals surface area contributed by atoms with Gasteiger partial charge in [-0.25, -0.2) is 0 Å². The molecule has 0 spiro atoms. The maximum absolute atomic E-state index is 5.97. The lowest BCUT2D eigenvalue weighted by Crippen LogP contribution is -2.48. The number of morpholine rings is 1. The highest BCUT2D eigenvalue weighted by atomic mass is 16.5. The summed E-state index contributed by atoms with van der Waals surface area (Å²) in [4.78, 5) is 7.20. The molecule has 3 aromatic rings. The SMILES string of the molecule is CCNC(=NCCc1ccc2ccccc2c1)N1CCOC(c2cnn(C)c2)C1. The summed E-state index contributed by atoms with van der Waals surface area (Å²) in [6.07, 6.45) is 4.87. The van der Waals surface area contributed by atoms with Crippen molar-refractivity contribution in [1.82, 2.24) is 20.0 Å². The molecule has 0 amide bonds. The van der Waals surface area contributed by atoms with Gasteiger partial charge < -0.3 is 15.0 Å². The van der Waals surface area contributed by atoms with E-state index in [1.165, 1.54) is 16.3 Å². The highest BCUT2D eigenvalue weighted by Crippen LogP contribution is 2.21. The number of guanidine groups is 1. The molecule has 1 atom stereocenters. The van der Waals surface area contributed by atoms with E-state index in [-0.39, 0.29) is 6.10 Å². The molecule has 6 nitrogen and oxygen atoms in total. The first-order valence-electron chi connectivity index (χ1n) is 10.3. The van der Waals surface area contributed by atoms with Gasteiger partial charge in [0.15, 0.2) is 5.96 Å². The summed E-state index contributed by atoms with van der Waals surface area (Å²) in [7, 11) is 1.93. The van der Waals surface area contributed by atoms with E-state index in [1.54, 1.807) is 0 Å². The second kappa shape index (κ2) is 9.09. The van der Waals surface area contributed by atoms with Crippen LogP contribution in [0.15, 0.2) is 59.9 Å². The molecule has 152 valence electrons. The quantitative estimate of drug-likeness (QED) is 0.536. The highest BCUT2D eigenvalue weighted by molar-refractivity contribution is 5.83. The minimum absolute atomic E-state index is 0.0294. The molecular formula is C23H29N5O. The number of aromatic nitrogens is 2. The summed E-state index contributed by atoms with van der Waals surface area (Å²) < 4.78 is 7.79. The van der Waals surface area contributed by atoms with E-state index in [1.807, 2.05) is 24.1 Å². The second-order valence-corrected chi connectivity index (χ2v) is 7.42. The largest absolute Gasteiger partial charge is 0.370 e. The molecule has 1 N–H and O–H groups in total. The van der Waals surface area contributed by atoms with Crippen LogP contribution in [0.4, 0.5) is 0 Å². The van der Waals surface area contributed by atoms with Crippen molar-refractivity contribution in [3.8, 4) is 0 Å². The number of aryl methyl sites for hydroxylation is 1.